The Balaban J connectivity index is 6.70. The minimum Gasteiger partial charge on any atom is -0.376 e. The maximum Gasteiger partial charge on any atom is 0.513 e. The third kappa shape index (κ3) is 4.93. The van der Waals surface area contributed by atoms with Crippen LogP contribution in [0.1, 0.15) is 6.42 Å². The fourth-order valence-electron chi connectivity index (χ4n) is 2.31. The molecule has 0 amide bonds. The van der Waals surface area contributed by atoms with Crippen molar-refractivity contribution in [2.45, 2.75) is 57.6 Å². The van der Waals surface area contributed by atoms with Crippen LogP contribution >= 0.6 is 22.6 Å². The van der Waals surface area contributed by atoms with Gasteiger partial charge in [0.05, 0.1) is 3.55 Å². The molecule has 1 unspecified atom stereocenters. The third-order valence-corrected chi connectivity index (χ3v) is 9.87. The first-order valence-electron chi connectivity index (χ1n) is 8.07. The molecule has 0 aliphatic rings. The van der Waals surface area contributed by atoms with Crippen molar-refractivity contribution in [3.05, 3.63) is 0 Å². The maximum atomic E-state index is 14.1. The summed E-state index contributed by atoms with van der Waals surface area (Å²) in [6, 6.07) is 0. The highest BCUT2D eigenvalue weighted by Gasteiger charge is 2.95. The first-order valence-corrected chi connectivity index (χ1v) is 11.1. The third-order valence-electron chi connectivity index (χ3n) is 4.46. The predicted molar refractivity (Wildman–Crippen MR) is 89.9 cm³/mol. The Hall–Kier alpha value is -0.363. The van der Waals surface area contributed by atoms with Crippen molar-refractivity contribution in [2.75, 3.05) is 21.3 Å². The number of hydrogen-bond donors (Lipinski definition) is 0. The number of halogens is 18. The van der Waals surface area contributed by atoms with Gasteiger partial charge in [0.1, 0.15) is 0 Å². The van der Waals surface area contributed by atoms with Gasteiger partial charge in [-0.05, 0) is 0 Å². The highest BCUT2D eigenvalue weighted by Crippen LogP contribution is 2.64. The van der Waals surface area contributed by atoms with Gasteiger partial charge >= 0.3 is 56.4 Å². The Morgan fingerprint density at radius 3 is 1.03 bits per heavy atom. The van der Waals surface area contributed by atoms with E-state index >= 15 is 0 Å². The maximum absolute atomic E-state index is 14.1. The molecular weight excluding hydrogens is 682 g/mol. The zero-order chi connectivity index (χ0) is 28.9. The fourth-order valence-corrected chi connectivity index (χ4v) is 6.92. The molecule has 0 fully saturated rings. The van der Waals surface area contributed by atoms with Gasteiger partial charge in [0.15, 0.2) is 0 Å². The van der Waals surface area contributed by atoms with Gasteiger partial charge in [-0.2, -0.15) is 74.6 Å². The normalized spacial score (nSPS) is 17.1. The van der Waals surface area contributed by atoms with Crippen LogP contribution in [0.25, 0.3) is 0 Å². The van der Waals surface area contributed by atoms with E-state index in [-0.39, 0.29) is 0 Å². The molecule has 3 nitrogen and oxygen atoms in total. The Bertz CT molecular complexity index is 729. The standard InChI is InChI=1S/C13H12F17IO3Si/c1-32-35(33-2,34-3)5(31)4-6(14,15)7(16,17)8(18,19)9(20,21)10(22,23)11(24,25)12(26,27)13(28,29)30/h5H,4H2,1-3H3. The van der Waals surface area contributed by atoms with Crippen LogP contribution in [0.4, 0.5) is 74.6 Å². The Morgan fingerprint density at radius 1 is 0.514 bits per heavy atom. The minimum atomic E-state index is -8.66. The molecule has 0 radical (unpaired) electrons. The lowest BCUT2D eigenvalue weighted by atomic mass is 9.88. The first kappa shape index (κ1) is 34.6. The van der Waals surface area contributed by atoms with E-state index in [1.54, 1.807) is 0 Å². The van der Waals surface area contributed by atoms with E-state index in [1.165, 1.54) is 0 Å². The highest BCUT2D eigenvalue weighted by molar-refractivity contribution is 14.1. The van der Waals surface area contributed by atoms with E-state index in [0.717, 1.165) is 22.6 Å². The molecule has 22 heteroatoms. The van der Waals surface area contributed by atoms with Crippen LogP contribution in [-0.2, 0) is 13.3 Å². The van der Waals surface area contributed by atoms with Gasteiger partial charge in [-0.15, -0.1) is 0 Å². The molecule has 0 aliphatic carbocycles. The molecule has 212 valence electrons. The molecule has 0 saturated carbocycles. The monoisotopic (exact) mass is 694 g/mol. The van der Waals surface area contributed by atoms with Crippen molar-refractivity contribution in [2.24, 2.45) is 0 Å². The zero-order valence-electron chi connectivity index (χ0n) is 16.8. The lowest BCUT2D eigenvalue weighted by Crippen LogP contribution is -2.74. The molecule has 0 aromatic heterocycles. The Kier molecular flexibility index (Phi) is 9.64. The summed E-state index contributed by atoms with van der Waals surface area (Å²) in [5.74, 6) is -56.6. The predicted octanol–water partition coefficient (Wildman–Crippen LogP) is 6.61. The summed E-state index contributed by atoms with van der Waals surface area (Å²) in [7, 11) is -2.46. The van der Waals surface area contributed by atoms with Gasteiger partial charge in [-0.25, -0.2) is 0 Å². The second-order valence-corrected chi connectivity index (χ2v) is 12.3. The summed E-state index contributed by atoms with van der Waals surface area (Å²) in [6.45, 7) is 0. The second-order valence-electron chi connectivity index (χ2n) is 6.54. The molecule has 0 spiro atoms. The van der Waals surface area contributed by atoms with E-state index in [0.29, 0.717) is 21.3 Å². The smallest absolute Gasteiger partial charge is 0.376 e. The van der Waals surface area contributed by atoms with Gasteiger partial charge in [0, 0.05) is 27.8 Å². The molecule has 35 heavy (non-hydrogen) atoms. The van der Waals surface area contributed by atoms with E-state index in [4.69, 9.17) is 0 Å². The molecule has 0 rings (SSSR count). The zero-order valence-corrected chi connectivity index (χ0v) is 20.0. The van der Waals surface area contributed by atoms with Crippen LogP contribution in [0.2, 0.25) is 0 Å². The summed E-state index contributed by atoms with van der Waals surface area (Å²) in [5, 5.41) is 0. The van der Waals surface area contributed by atoms with Gasteiger partial charge in [-0.1, -0.05) is 22.6 Å². The van der Waals surface area contributed by atoms with Crippen LogP contribution in [0.15, 0.2) is 0 Å². The SMILES string of the molecule is CO[Si](OC)(OC)C(I)CC(F)(F)C(F)(F)C(F)(F)C(F)(F)C(F)(F)C(F)(F)C(F)(F)C(F)(F)F. The first-order chi connectivity index (χ1) is 15.1. The van der Waals surface area contributed by atoms with Crippen molar-refractivity contribution in [3.63, 3.8) is 0 Å². The summed E-state index contributed by atoms with van der Waals surface area (Å²) in [6.07, 6.45) is -10.5. The largest absolute Gasteiger partial charge is 0.513 e. The van der Waals surface area contributed by atoms with Gasteiger partial charge in [0.25, 0.3) is 0 Å². The summed E-state index contributed by atoms with van der Waals surface area (Å²) in [4.78, 5) is 0. The molecule has 0 N–H and O–H groups in total. The molecule has 0 heterocycles. The highest BCUT2D eigenvalue weighted by atomic mass is 127. The number of alkyl halides is 18. The van der Waals surface area contributed by atoms with Crippen LogP contribution in [0.3, 0.4) is 0 Å². The van der Waals surface area contributed by atoms with Crippen molar-refractivity contribution < 1.29 is 87.9 Å². The molecular formula is C13H12F17IO3Si. The molecule has 0 aromatic carbocycles. The van der Waals surface area contributed by atoms with E-state index in [1.807, 2.05) is 0 Å². The van der Waals surface area contributed by atoms with E-state index in [9.17, 15) is 74.6 Å². The van der Waals surface area contributed by atoms with E-state index < -0.39 is 66.4 Å². The average molecular weight is 694 g/mol. The Morgan fingerprint density at radius 2 is 0.771 bits per heavy atom. The van der Waals surface area contributed by atoms with Gasteiger partial charge in [0.2, 0.25) is 0 Å². The quantitative estimate of drug-likeness (QED) is 0.0998. The summed E-state index contributed by atoms with van der Waals surface area (Å²) < 4.78 is 237. The molecule has 0 saturated heterocycles. The van der Waals surface area contributed by atoms with Crippen molar-refractivity contribution in [1.29, 1.82) is 0 Å². The molecule has 1 atom stereocenters. The van der Waals surface area contributed by atoms with Crippen molar-refractivity contribution in [3.8, 4) is 0 Å². The summed E-state index contributed by atoms with van der Waals surface area (Å²) >= 11 is 0.768. The molecule has 0 aromatic rings. The van der Waals surface area contributed by atoms with Gasteiger partial charge < -0.3 is 13.3 Å². The number of rotatable bonds is 12. The molecule has 0 bridgehead atoms. The van der Waals surface area contributed by atoms with Crippen molar-refractivity contribution >= 4 is 31.4 Å². The fraction of sp³-hybridized carbons (Fsp3) is 1.00. The van der Waals surface area contributed by atoms with Crippen LogP contribution in [0.5, 0.6) is 0 Å². The lowest BCUT2D eigenvalue weighted by molar-refractivity contribution is -0.461. The van der Waals surface area contributed by atoms with Gasteiger partial charge in [-0.3, -0.25) is 0 Å². The average Bonchev–Trinajstić information content (AvgIpc) is 2.67. The van der Waals surface area contributed by atoms with E-state index in [2.05, 4.69) is 13.3 Å². The van der Waals surface area contributed by atoms with Crippen molar-refractivity contribution in [1.82, 2.24) is 0 Å². The summed E-state index contributed by atoms with van der Waals surface area (Å²) in [5.41, 5.74) is 0. The topological polar surface area (TPSA) is 27.7 Å². The van der Waals surface area contributed by atoms with Crippen LogP contribution in [0, 0.1) is 0 Å². The van der Waals surface area contributed by atoms with Crippen LogP contribution in [-0.4, -0.2) is 81.3 Å². The second kappa shape index (κ2) is 9.74. The number of hydrogen-bond acceptors (Lipinski definition) is 3. The Labute approximate surface area is 198 Å². The lowest BCUT2D eigenvalue weighted by Gasteiger charge is -2.43. The minimum absolute atomic E-state index is 0.674. The molecule has 0 aliphatic heterocycles. The van der Waals surface area contributed by atoms with Crippen LogP contribution < -0.4 is 0 Å².